The monoisotopic (exact) mass is 246 g/mol. The Labute approximate surface area is 105 Å². The van der Waals surface area contributed by atoms with Gasteiger partial charge in [0.2, 0.25) is 0 Å². The van der Waals surface area contributed by atoms with Gasteiger partial charge in [-0.1, -0.05) is 30.3 Å². The van der Waals surface area contributed by atoms with E-state index < -0.39 is 17.7 Å². The van der Waals surface area contributed by atoms with Crippen molar-refractivity contribution in [3.05, 3.63) is 41.5 Å². The SMILES string of the molecule is CC(=C1C(=O)OC(C)(C)OC1=O)c1ccccc1. The summed E-state index contributed by atoms with van der Waals surface area (Å²) in [6.07, 6.45) is 0. The Bertz CT molecular complexity index is 504. The van der Waals surface area contributed by atoms with E-state index >= 15 is 0 Å². The molecule has 1 aromatic rings. The number of carbonyl (C=O) groups is 2. The van der Waals surface area contributed by atoms with E-state index in [1.807, 2.05) is 30.3 Å². The van der Waals surface area contributed by atoms with Crippen molar-refractivity contribution < 1.29 is 19.1 Å². The van der Waals surface area contributed by atoms with Crippen LogP contribution in [0.5, 0.6) is 0 Å². The summed E-state index contributed by atoms with van der Waals surface area (Å²) in [4.78, 5) is 23.7. The van der Waals surface area contributed by atoms with Crippen LogP contribution in [0.2, 0.25) is 0 Å². The molecule has 1 aromatic carbocycles. The predicted octanol–water partition coefficient (Wildman–Crippen LogP) is 2.30. The highest BCUT2D eigenvalue weighted by Crippen LogP contribution is 2.28. The number of esters is 2. The van der Waals surface area contributed by atoms with E-state index in [9.17, 15) is 9.59 Å². The third kappa shape index (κ3) is 2.27. The van der Waals surface area contributed by atoms with Crippen LogP contribution in [0.15, 0.2) is 35.9 Å². The van der Waals surface area contributed by atoms with E-state index in [1.165, 1.54) is 13.8 Å². The highest BCUT2D eigenvalue weighted by molar-refractivity contribution is 6.20. The molecule has 1 saturated heterocycles. The molecule has 0 amide bonds. The fraction of sp³-hybridized carbons (Fsp3) is 0.286. The Kier molecular flexibility index (Phi) is 2.95. The summed E-state index contributed by atoms with van der Waals surface area (Å²) in [5, 5.41) is 0. The average Bonchev–Trinajstić information content (AvgIpc) is 2.27. The standard InChI is InChI=1S/C14H14O4/c1-9(10-7-5-4-6-8-10)11-12(15)17-14(2,3)18-13(11)16/h4-8H,1-3H3. The summed E-state index contributed by atoms with van der Waals surface area (Å²) in [6, 6.07) is 9.18. The summed E-state index contributed by atoms with van der Waals surface area (Å²) in [7, 11) is 0. The first-order valence-electron chi connectivity index (χ1n) is 5.64. The number of hydrogen-bond acceptors (Lipinski definition) is 4. The zero-order valence-corrected chi connectivity index (χ0v) is 10.5. The Balaban J connectivity index is 2.44. The molecule has 2 rings (SSSR count). The van der Waals surface area contributed by atoms with Gasteiger partial charge in [-0.15, -0.1) is 0 Å². The van der Waals surface area contributed by atoms with Gasteiger partial charge in [0.1, 0.15) is 5.57 Å². The lowest BCUT2D eigenvalue weighted by molar-refractivity contribution is -0.222. The zero-order valence-electron chi connectivity index (χ0n) is 10.5. The highest BCUT2D eigenvalue weighted by atomic mass is 16.7. The molecule has 0 saturated carbocycles. The van der Waals surface area contributed by atoms with Crippen LogP contribution >= 0.6 is 0 Å². The average molecular weight is 246 g/mol. The van der Waals surface area contributed by atoms with E-state index in [1.54, 1.807) is 6.92 Å². The first-order chi connectivity index (χ1) is 8.41. The van der Waals surface area contributed by atoms with Crippen molar-refractivity contribution in [2.75, 3.05) is 0 Å². The second-order valence-corrected chi connectivity index (χ2v) is 4.54. The van der Waals surface area contributed by atoms with Gasteiger partial charge in [-0.3, -0.25) is 0 Å². The number of benzene rings is 1. The predicted molar refractivity (Wildman–Crippen MR) is 65.3 cm³/mol. The molecule has 1 heterocycles. The van der Waals surface area contributed by atoms with Crippen LogP contribution in [0.4, 0.5) is 0 Å². The zero-order chi connectivity index (χ0) is 13.3. The number of hydrogen-bond donors (Lipinski definition) is 0. The molecule has 0 atom stereocenters. The molecule has 0 aliphatic carbocycles. The summed E-state index contributed by atoms with van der Waals surface area (Å²) in [5.41, 5.74) is 1.31. The van der Waals surface area contributed by atoms with Crippen LogP contribution in [0, 0.1) is 0 Å². The van der Waals surface area contributed by atoms with Crippen LogP contribution in [0.25, 0.3) is 5.57 Å². The molecule has 94 valence electrons. The Morgan fingerprint density at radius 3 is 2.00 bits per heavy atom. The van der Waals surface area contributed by atoms with E-state index in [4.69, 9.17) is 9.47 Å². The van der Waals surface area contributed by atoms with Gasteiger partial charge in [0.05, 0.1) is 0 Å². The van der Waals surface area contributed by atoms with Crippen molar-refractivity contribution in [2.24, 2.45) is 0 Å². The topological polar surface area (TPSA) is 52.6 Å². The van der Waals surface area contributed by atoms with Crippen LogP contribution in [0.1, 0.15) is 26.3 Å². The Morgan fingerprint density at radius 2 is 1.50 bits per heavy atom. The third-order valence-corrected chi connectivity index (χ3v) is 2.67. The quantitative estimate of drug-likeness (QED) is 0.433. The lowest BCUT2D eigenvalue weighted by Gasteiger charge is -2.30. The van der Waals surface area contributed by atoms with Gasteiger partial charge < -0.3 is 9.47 Å². The third-order valence-electron chi connectivity index (χ3n) is 2.67. The molecular weight excluding hydrogens is 232 g/mol. The summed E-state index contributed by atoms with van der Waals surface area (Å²) < 4.78 is 10.1. The van der Waals surface area contributed by atoms with Gasteiger partial charge in [0, 0.05) is 13.8 Å². The van der Waals surface area contributed by atoms with Crippen molar-refractivity contribution in [3.8, 4) is 0 Å². The van der Waals surface area contributed by atoms with Gasteiger partial charge in [-0.25, -0.2) is 9.59 Å². The largest absolute Gasteiger partial charge is 0.419 e. The minimum absolute atomic E-state index is 0.0412. The number of allylic oxidation sites excluding steroid dienone is 1. The van der Waals surface area contributed by atoms with Gasteiger partial charge >= 0.3 is 11.9 Å². The molecule has 18 heavy (non-hydrogen) atoms. The van der Waals surface area contributed by atoms with Crippen LogP contribution in [-0.4, -0.2) is 17.7 Å². The maximum absolute atomic E-state index is 11.9. The minimum atomic E-state index is -1.20. The molecule has 0 aromatic heterocycles. The molecular formula is C14H14O4. The molecule has 1 fully saturated rings. The molecule has 0 radical (unpaired) electrons. The molecule has 1 aliphatic heterocycles. The van der Waals surface area contributed by atoms with Crippen molar-refractivity contribution in [1.29, 1.82) is 0 Å². The van der Waals surface area contributed by atoms with Crippen LogP contribution < -0.4 is 0 Å². The maximum Gasteiger partial charge on any atom is 0.349 e. The lowest BCUT2D eigenvalue weighted by atomic mass is 10.0. The van der Waals surface area contributed by atoms with Gasteiger partial charge in [-0.05, 0) is 18.1 Å². The summed E-state index contributed by atoms with van der Waals surface area (Å²) in [5.74, 6) is -2.48. The molecule has 0 bridgehead atoms. The van der Waals surface area contributed by atoms with E-state index in [0.717, 1.165) is 5.56 Å². The van der Waals surface area contributed by atoms with E-state index in [-0.39, 0.29) is 5.57 Å². The first kappa shape index (κ1) is 12.4. The van der Waals surface area contributed by atoms with Crippen molar-refractivity contribution >= 4 is 17.5 Å². The van der Waals surface area contributed by atoms with Crippen molar-refractivity contribution in [3.63, 3.8) is 0 Å². The second kappa shape index (κ2) is 4.29. The number of ether oxygens (including phenoxy) is 2. The van der Waals surface area contributed by atoms with E-state index in [0.29, 0.717) is 5.57 Å². The number of rotatable bonds is 1. The normalized spacial score (nSPS) is 18.1. The second-order valence-electron chi connectivity index (χ2n) is 4.54. The van der Waals surface area contributed by atoms with Gasteiger partial charge in [0.15, 0.2) is 0 Å². The Hall–Kier alpha value is -2.10. The number of carbonyl (C=O) groups excluding carboxylic acids is 2. The maximum atomic E-state index is 11.9. The van der Waals surface area contributed by atoms with Crippen LogP contribution in [-0.2, 0) is 19.1 Å². The van der Waals surface area contributed by atoms with Crippen molar-refractivity contribution in [1.82, 2.24) is 0 Å². The molecule has 4 heteroatoms. The fourth-order valence-electron chi connectivity index (χ4n) is 1.79. The van der Waals surface area contributed by atoms with Crippen LogP contribution in [0.3, 0.4) is 0 Å². The molecule has 4 nitrogen and oxygen atoms in total. The first-order valence-corrected chi connectivity index (χ1v) is 5.64. The Morgan fingerprint density at radius 1 is 1.00 bits per heavy atom. The fourth-order valence-corrected chi connectivity index (χ4v) is 1.79. The molecule has 0 N–H and O–H groups in total. The summed E-state index contributed by atoms with van der Waals surface area (Å²) in [6.45, 7) is 4.75. The van der Waals surface area contributed by atoms with Gasteiger partial charge in [0.25, 0.3) is 5.79 Å². The number of cyclic esters (lactones) is 2. The highest BCUT2D eigenvalue weighted by Gasteiger charge is 2.40. The molecule has 0 unspecified atom stereocenters. The molecule has 1 aliphatic rings. The smallest absolute Gasteiger partial charge is 0.349 e. The lowest BCUT2D eigenvalue weighted by Crippen LogP contribution is -2.42. The summed E-state index contributed by atoms with van der Waals surface area (Å²) >= 11 is 0. The van der Waals surface area contributed by atoms with Gasteiger partial charge in [-0.2, -0.15) is 0 Å². The van der Waals surface area contributed by atoms with E-state index in [2.05, 4.69) is 0 Å². The van der Waals surface area contributed by atoms with Crippen molar-refractivity contribution in [2.45, 2.75) is 26.6 Å². The molecule has 0 spiro atoms. The minimum Gasteiger partial charge on any atom is -0.419 e.